The van der Waals surface area contributed by atoms with Crippen LogP contribution in [0, 0.1) is 0 Å². The highest BCUT2D eigenvalue weighted by Crippen LogP contribution is 1.97. The summed E-state index contributed by atoms with van der Waals surface area (Å²) >= 11 is 0. The van der Waals surface area contributed by atoms with Gasteiger partial charge < -0.3 is 12.4 Å². The number of aromatic nitrogens is 2. The first-order valence-corrected chi connectivity index (χ1v) is 5.93. The zero-order valence-corrected chi connectivity index (χ0v) is 11.8. The highest BCUT2D eigenvalue weighted by molar-refractivity contribution is 5.98. The van der Waals surface area contributed by atoms with Crippen LogP contribution < -0.4 is 22.4 Å². The second-order valence-electron chi connectivity index (χ2n) is 4.02. The smallest absolute Gasteiger partial charge is 0.305 e. The summed E-state index contributed by atoms with van der Waals surface area (Å²) in [4.78, 5) is 15.7. The third kappa shape index (κ3) is 4.78. The summed E-state index contributed by atoms with van der Waals surface area (Å²) in [5, 5.41) is 4.05. The van der Waals surface area contributed by atoms with Gasteiger partial charge in [-0.05, 0) is 13.0 Å². The lowest BCUT2D eigenvalue weighted by Crippen LogP contribution is -3.00. The number of pyridine rings is 2. The molecular weight excluding hydrogens is 276 g/mol. The molecule has 0 atom stereocenters. The Balaban J connectivity index is 0.00000200. The Hall–Kier alpha value is -2.27. The quantitative estimate of drug-likeness (QED) is 0.399. The van der Waals surface area contributed by atoms with E-state index < -0.39 is 0 Å². The van der Waals surface area contributed by atoms with E-state index in [2.05, 4.69) is 15.5 Å². The van der Waals surface area contributed by atoms with Crippen molar-refractivity contribution in [2.45, 2.75) is 13.5 Å². The normalized spacial score (nSPS) is 10.6. The van der Waals surface area contributed by atoms with Gasteiger partial charge >= 0.3 is 5.91 Å². The number of carbonyl (C=O) groups excluding carboxylic acids is 1. The van der Waals surface area contributed by atoms with Crippen molar-refractivity contribution in [3.63, 3.8) is 0 Å². The highest BCUT2D eigenvalue weighted by Gasteiger charge is 2.07. The number of hydrogen-bond donors (Lipinski definition) is 1. The van der Waals surface area contributed by atoms with Gasteiger partial charge in [-0.15, -0.1) is 0 Å². The largest absolute Gasteiger partial charge is 1.00 e. The zero-order valence-electron chi connectivity index (χ0n) is 11.0. The van der Waals surface area contributed by atoms with Crippen LogP contribution in [0.4, 0.5) is 0 Å². The maximum atomic E-state index is 11.7. The molecule has 0 radical (unpaired) electrons. The first-order chi connectivity index (χ1) is 9.25. The average Bonchev–Trinajstić information content (AvgIpc) is 2.47. The Bertz CT molecular complexity index is 572. The minimum Gasteiger partial charge on any atom is -1.00 e. The first-order valence-electron chi connectivity index (χ1n) is 5.93. The molecule has 20 heavy (non-hydrogen) atoms. The van der Waals surface area contributed by atoms with Crippen LogP contribution in [0.3, 0.4) is 0 Å². The first kappa shape index (κ1) is 15.8. The fraction of sp³-hybridized carbons (Fsp3) is 0.143. The van der Waals surface area contributed by atoms with Crippen LogP contribution in [-0.2, 0) is 11.3 Å². The monoisotopic (exact) mass is 290 g/mol. The molecular formula is C14H15ClN4O. The molecule has 0 spiro atoms. The Morgan fingerprint density at radius 1 is 1.30 bits per heavy atom. The molecule has 0 unspecified atom stereocenters. The minimum absolute atomic E-state index is 0. The van der Waals surface area contributed by atoms with Crippen LogP contribution in [0.1, 0.15) is 12.5 Å². The van der Waals surface area contributed by atoms with E-state index >= 15 is 0 Å². The summed E-state index contributed by atoms with van der Waals surface area (Å²) in [6, 6.07) is 9.37. The predicted octanol–water partition coefficient (Wildman–Crippen LogP) is -2.09. The molecule has 2 aromatic heterocycles. The van der Waals surface area contributed by atoms with E-state index in [0.717, 1.165) is 11.3 Å². The van der Waals surface area contributed by atoms with Crippen molar-refractivity contribution in [1.82, 2.24) is 10.4 Å². The number of nitrogens with one attached hydrogen (secondary N) is 1. The van der Waals surface area contributed by atoms with Gasteiger partial charge in [0.05, 0.1) is 5.71 Å². The van der Waals surface area contributed by atoms with Crippen molar-refractivity contribution in [2.24, 2.45) is 5.10 Å². The van der Waals surface area contributed by atoms with E-state index in [0.29, 0.717) is 0 Å². The molecule has 0 saturated carbocycles. The van der Waals surface area contributed by atoms with Crippen molar-refractivity contribution >= 4 is 11.6 Å². The van der Waals surface area contributed by atoms with Gasteiger partial charge in [-0.2, -0.15) is 9.67 Å². The Labute approximate surface area is 123 Å². The number of amides is 1. The predicted molar refractivity (Wildman–Crippen MR) is 71.2 cm³/mol. The van der Waals surface area contributed by atoms with Gasteiger partial charge in [-0.3, -0.25) is 9.78 Å². The van der Waals surface area contributed by atoms with Gasteiger partial charge in [0.1, 0.15) is 0 Å². The number of carbonyl (C=O) groups is 1. The molecule has 2 rings (SSSR count). The zero-order chi connectivity index (χ0) is 13.5. The van der Waals surface area contributed by atoms with E-state index in [1.165, 1.54) is 0 Å². The molecule has 5 nitrogen and oxygen atoms in total. The van der Waals surface area contributed by atoms with Crippen molar-refractivity contribution in [3.8, 4) is 0 Å². The Kier molecular flexibility index (Phi) is 6.32. The molecule has 0 aliphatic carbocycles. The van der Waals surface area contributed by atoms with Gasteiger partial charge in [-0.25, -0.2) is 5.43 Å². The molecule has 0 aliphatic rings. The molecule has 0 bridgehead atoms. The molecule has 2 heterocycles. The van der Waals surface area contributed by atoms with Crippen LogP contribution in [0.25, 0.3) is 0 Å². The maximum Gasteiger partial charge on any atom is 0.305 e. The number of nitrogens with zero attached hydrogens (tertiary/aromatic N) is 3. The van der Waals surface area contributed by atoms with Crippen molar-refractivity contribution in [1.29, 1.82) is 0 Å². The molecule has 0 aliphatic heterocycles. The van der Waals surface area contributed by atoms with Gasteiger partial charge in [0, 0.05) is 30.1 Å². The number of rotatable bonds is 4. The molecule has 2 aromatic rings. The summed E-state index contributed by atoms with van der Waals surface area (Å²) in [5.41, 5.74) is 4.14. The summed E-state index contributed by atoms with van der Waals surface area (Å²) in [5.74, 6) is -0.167. The van der Waals surface area contributed by atoms with E-state index in [9.17, 15) is 4.79 Å². The third-order valence-electron chi connectivity index (χ3n) is 2.53. The summed E-state index contributed by atoms with van der Waals surface area (Å²) in [6.45, 7) is 2.07. The van der Waals surface area contributed by atoms with Crippen LogP contribution in [0.15, 0.2) is 60.2 Å². The number of hydrazone groups is 1. The van der Waals surface area contributed by atoms with Gasteiger partial charge in [0.2, 0.25) is 6.54 Å². The molecule has 0 saturated heterocycles. The minimum atomic E-state index is -0.167. The van der Waals surface area contributed by atoms with Gasteiger partial charge in [-0.1, -0.05) is 12.1 Å². The van der Waals surface area contributed by atoms with Crippen LogP contribution in [0.5, 0.6) is 0 Å². The lowest BCUT2D eigenvalue weighted by Gasteiger charge is -2.00. The average molecular weight is 291 g/mol. The van der Waals surface area contributed by atoms with Crippen molar-refractivity contribution in [3.05, 3.63) is 60.7 Å². The number of hydrogen-bond acceptors (Lipinski definition) is 3. The second-order valence-corrected chi connectivity index (χ2v) is 4.02. The van der Waals surface area contributed by atoms with Crippen LogP contribution >= 0.6 is 0 Å². The van der Waals surface area contributed by atoms with E-state index in [1.807, 2.05) is 49.6 Å². The van der Waals surface area contributed by atoms with Gasteiger partial charge in [0.25, 0.3) is 0 Å². The van der Waals surface area contributed by atoms with Crippen LogP contribution in [-0.4, -0.2) is 16.6 Å². The third-order valence-corrected chi connectivity index (χ3v) is 2.53. The number of halogens is 1. The molecule has 6 heteroatoms. The van der Waals surface area contributed by atoms with E-state index in [1.54, 1.807) is 17.0 Å². The lowest BCUT2D eigenvalue weighted by molar-refractivity contribution is -0.684. The van der Waals surface area contributed by atoms with E-state index in [-0.39, 0.29) is 24.9 Å². The summed E-state index contributed by atoms with van der Waals surface area (Å²) < 4.78 is 1.78. The summed E-state index contributed by atoms with van der Waals surface area (Å²) in [6.07, 6.45) is 7.06. The van der Waals surface area contributed by atoms with Gasteiger partial charge in [0.15, 0.2) is 12.4 Å². The Morgan fingerprint density at radius 2 is 2.05 bits per heavy atom. The SMILES string of the molecule is C/C(=N/NC(=O)C[n+]1ccccc1)c1cccnc1.[Cl-]. The van der Waals surface area contributed by atoms with Crippen LogP contribution in [0.2, 0.25) is 0 Å². The molecule has 104 valence electrons. The fourth-order valence-corrected chi connectivity index (χ4v) is 1.53. The topological polar surface area (TPSA) is 58.2 Å². The summed E-state index contributed by atoms with van der Waals surface area (Å²) in [7, 11) is 0. The molecule has 0 aromatic carbocycles. The lowest BCUT2D eigenvalue weighted by atomic mass is 10.2. The second kappa shape index (κ2) is 8.01. The van der Waals surface area contributed by atoms with Crippen molar-refractivity contribution < 1.29 is 21.8 Å². The molecule has 1 N–H and O–H groups in total. The van der Waals surface area contributed by atoms with E-state index in [4.69, 9.17) is 0 Å². The molecule has 1 amide bonds. The van der Waals surface area contributed by atoms with Crippen molar-refractivity contribution in [2.75, 3.05) is 0 Å². The molecule has 0 fully saturated rings. The standard InChI is InChI=1S/C14H14N4O.ClH/c1-12(13-6-5-7-15-10-13)16-17-14(19)11-18-8-3-2-4-9-18;/h2-10H,11H2,1H3;1H/b16-12-;. The fourth-order valence-electron chi connectivity index (χ4n) is 1.53. The Morgan fingerprint density at radius 3 is 2.70 bits per heavy atom. The maximum absolute atomic E-state index is 11.7. The highest BCUT2D eigenvalue weighted by atomic mass is 35.5.